The number of ether oxygens (including phenoxy) is 1. The predicted octanol–water partition coefficient (Wildman–Crippen LogP) is 4.28. The molecule has 1 fully saturated rings. The summed E-state index contributed by atoms with van der Waals surface area (Å²) in [4.78, 5) is 10.9. The minimum Gasteiger partial charge on any atom is -0.372 e. The van der Waals surface area contributed by atoms with Gasteiger partial charge in [0.05, 0.1) is 11.0 Å². The van der Waals surface area contributed by atoms with E-state index in [9.17, 15) is 10.1 Å². The van der Waals surface area contributed by atoms with Crippen molar-refractivity contribution in [1.82, 2.24) is 5.32 Å². The van der Waals surface area contributed by atoms with Gasteiger partial charge in [0.2, 0.25) is 0 Å². The van der Waals surface area contributed by atoms with Crippen LogP contribution in [0.3, 0.4) is 0 Å². The van der Waals surface area contributed by atoms with Crippen molar-refractivity contribution in [1.29, 1.82) is 0 Å². The number of nitrogens with zero attached hydrogens (tertiary/aromatic N) is 1. The summed E-state index contributed by atoms with van der Waals surface area (Å²) < 4.78 is 5.95. The topological polar surface area (TPSA) is 64.4 Å². The zero-order valence-electron chi connectivity index (χ0n) is 15.3. The fourth-order valence-corrected chi connectivity index (χ4v) is 3.62. The van der Waals surface area contributed by atoms with Gasteiger partial charge in [0.15, 0.2) is 0 Å². The molecule has 0 bridgehead atoms. The van der Waals surface area contributed by atoms with E-state index < -0.39 is 0 Å². The Hall–Kier alpha value is -2.24. The standard InChI is InChI=1S/C21H26N2O3/c1-15(14-18-10-6-7-11-20(18)23(24)25)16(2)22-19-12-13-26-21(19)17-8-4-3-5-9-17/h3-11,15-16,19,21-22H,12-14H2,1-2H3/t15-,16+,19-,21-/m1/s1. The number of rotatable bonds is 7. The average Bonchev–Trinajstić information content (AvgIpc) is 3.10. The molecule has 1 aliphatic rings. The molecule has 5 heteroatoms. The number of nitro groups is 1. The molecule has 138 valence electrons. The molecule has 0 saturated carbocycles. The van der Waals surface area contributed by atoms with Gasteiger partial charge in [-0.05, 0) is 31.2 Å². The quantitative estimate of drug-likeness (QED) is 0.595. The molecule has 4 atom stereocenters. The highest BCUT2D eigenvalue weighted by Gasteiger charge is 2.31. The van der Waals surface area contributed by atoms with Gasteiger partial charge < -0.3 is 10.1 Å². The van der Waals surface area contributed by atoms with Gasteiger partial charge in [-0.25, -0.2) is 0 Å². The Morgan fingerprint density at radius 3 is 2.58 bits per heavy atom. The van der Waals surface area contributed by atoms with E-state index in [-0.39, 0.29) is 34.7 Å². The molecule has 0 aliphatic carbocycles. The van der Waals surface area contributed by atoms with Gasteiger partial charge >= 0.3 is 0 Å². The molecule has 0 spiro atoms. The van der Waals surface area contributed by atoms with E-state index in [4.69, 9.17) is 4.74 Å². The molecule has 2 aromatic carbocycles. The highest BCUT2D eigenvalue weighted by Crippen LogP contribution is 2.30. The Bertz CT molecular complexity index is 735. The van der Waals surface area contributed by atoms with Crippen LogP contribution in [-0.2, 0) is 11.2 Å². The lowest BCUT2D eigenvalue weighted by Crippen LogP contribution is -2.42. The second kappa shape index (κ2) is 8.43. The summed E-state index contributed by atoms with van der Waals surface area (Å²) in [5.74, 6) is 0.271. The van der Waals surface area contributed by atoms with Crippen LogP contribution in [0.5, 0.6) is 0 Å². The molecule has 5 nitrogen and oxygen atoms in total. The Morgan fingerprint density at radius 1 is 1.15 bits per heavy atom. The van der Waals surface area contributed by atoms with Crippen LogP contribution in [0, 0.1) is 16.0 Å². The second-order valence-corrected chi connectivity index (χ2v) is 7.12. The van der Waals surface area contributed by atoms with Crippen molar-refractivity contribution < 1.29 is 9.66 Å². The van der Waals surface area contributed by atoms with E-state index in [1.807, 2.05) is 30.3 Å². The third-order valence-corrected chi connectivity index (χ3v) is 5.28. The van der Waals surface area contributed by atoms with E-state index in [2.05, 4.69) is 31.3 Å². The van der Waals surface area contributed by atoms with Crippen molar-refractivity contribution in [2.45, 2.75) is 44.9 Å². The highest BCUT2D eigenvalue weighted by atomic mass is 16.6. The summed E-state index contributed by atoms with van der Waals surface area (Å²) >= 11 is 0. The maximum atomic E-state index is 11.2. The number of nitro benzene ring substituents is 1. The van der Waals surface area contributed by atoms with Crippen LogP contribution in [0.4, 0.5) is 5.69 Å². The van der Waals surface area contributed by atoms with E-state index >= 15 is 0 Å². The first kappa shape index (κ1) is 18.5. The van der Waals surface area contributed by atoms with Crippen molar-refractivity contribution in [2.75, 3.05) is 6.61 Å². The van der Waals surface area contributed by atoms with Crippen LogP contribution in [-0.4, -0.2) is 23.6 Å². The van der Waals surface area contributed by atoms with Gasteiger partial charge in [-0.2, -0.15) is 0 Å². The first-order chi connectivity index (χ1) is 12.6. The van der Waals surface area contributed by atoms with Gasteiger partial charge in [-0.3, -0.25) is 10.1 Å². The van der Waals surface area contributed by atoms with E-state index in [1.165, 1.54) is 5.56 Å². The summed E-state index contributed by atoms with van der Waals surface area (Å²) in [6.07, 6.45) is 1.72. The monoisotopic (exact) mass is 354 g/mol. The fraction of sp³-hybridized carbons (Fsp3) is 0.429. The third kappa shape index (κ3) is 4.29. The van der Waals surface area contributed by atoms with E-state index in [1.54, 1.807) is 12.1 Å². The predicted molar refractivity (Wildman–Crippen MR) is 102 cm³/mol. The lowest BCUT2D eigenvalue weighted by molar-refractivity contribution is -0.385. The van der Waals surface area contributed by atoms with Crippen molar-refractivity contribution in [3.05, 3.63) is 75.8 Å². The van der Waals surface area contributed by atoms with Crippen molar-refractivity contribution in [2.24, 2.45) is 5.92 Å². The highest BCUT2D eigenvalue weighted by molar-refractivity contribution is 5.40. The Morgan fingerprint density at radius 2 is 1.85 bits per heavy atom. The number of hydrogen-bond donors (Lipinski definition) is 1. The molecule has 1 N–H and O–H groups in total. The Labute approximate surface area is 154 Å². The van der Waals surface area contributed by atoms with Gasteiger partial charge in [-0.1, -0.05) is 55.5 Å². The Balaban J connectivity index is 1.64. The smallest absolute Gasteiger partial charge is 0.272 e. The van der Waals surface area contributed by atoms with E-state index in [0.29, 0.717) is 6.42 Å². The zero-order valence-corrected chi connectivity index (χ0v) is 15.3. The lowest BCUT2D eigenvalue weighted by atomic mass is 9.92. The third-order valence-electron chi connectivity index (χ3n) is 5.28. The first-order valence-electron chi connectivity index (χ1n) is 9.21. The van der Waals surface area contributed by atoms with Crippen LogP contribution in [0.15, 0.2) is 54.6 Å². The molecule has 0 aromatic heterocycles. The van der Waals surface area contributed by atoms with Gasteiger partial charge in [0.25, 0.3) is 5.69 Å². The van der Waals surface area contributed by atoms with Crippen LogP contribution >= 0.6 is 0 Å². The lowest BCUT2D eigenvalue weighted by Gasteiger charge is -2.28. The van der Waals surface area contributed by atoms with E-state index in [0.717, 1.165) is 18.6 Å². The number of nitrogens with one attached hydrogen (secondary N) is 1. The molecule has 0 unspecified atom stereocenters. The molecule has 1 heterocycles. The van der Waals surface area contributed by atoms with Crippen molar-refractivity contribution >= 4 is 5.69 Å². The number of para-hydroxylation sites is 1. The van der Waals surface area contributed by atoms with Gasteiger partial charge in [0.1, 0.15) is 0 Å². The number of benzene rings is 2. The van der Waals surface area contributed by atoms with Crippen molar-refractivity contribution in [3.8, 4) is 0 Å². The minimum absolute atomic E-state index is 0.0666. The molecule has 2 aromatic rings. The summed E-state index contributed by atoms with van der Waals surface area (Å²) in [6, 6.07) is 17.8. The second-order valence-electron chi connectivity index (χ2n) is 7.12. The molecule has 0 radical (unpaired) electrons. The maximum Gasteiger partial charge on any atom is 0.272 e. The largest absolute Gasteiger partial charge is 0.372 e. The molecular formula is C21H26N2O3. The molecule has 26 heavy (non-hydrogen) atoms. The first-order valence-corrected chi connectivity index (χ1v) is 9.21. The summed E-state index contributed by atoms with van der Waals surface area (Å²) in [5, 5.41) is 14.9. The summed E-state index contributed by atoms with van der Waals surface area (Å²) in [6.45, 7) is 5.05. The fourth-order valence-electron chi connectivity index (χ4n) is 3.62. The van der Waals surface area contributed by atoms with Gasteiger partial charge in [-0.15, -0.1) is 0 Å². The zero-order chi connectivity index (χ0) is 18.5. The van der Waals surface area contributed by atoms with Crippen LogP contribution in [0.1, 0.15) is 37.5 Å². The molecule has 1 aliphatic heterocycles. The average molecular weight is 354 g/mol. The van der Waals surface area contributed by atoms with Crippen LogP contribution in [0.2, 0.25) is 0 Å². The maximum absolute atomic E-state index is 11.2. The molecule has 0 amide bonds. The molecule has 3 rings (SSSR count). The molecular weight excluding hydrogens is 328 g/mol. The van der Waals surface area contributed by atoms with Crippen molar-refractivity contribution in [3.63, 3.8) is 0 Å². The SMILES string of the molecule is C[C@H](Cc1ccccc1[N+](=O)[O-])[C@H](C)N[C@@H]1CCO[C@@H]1c1ccccc1. The van der Waals surface area contributed by atoms with Gasteiger partial charge in [0, 0.05) is 30.3 Å². The summed E-state index contributed by atoms with van der Waals surface area (Å²) in [7, 11) is 0. The molecule has 1 saturated heterocycles. The Kier molecular flexibility index (Phi) is 6.01. The van der Waals surface area contributed by atoms with Crippen LogP contribution in [0.25, 0.3) is 0 Å². The minimum atomic E-state index is -0.295. The number of hydrogen-bond acceptors (Lipinski definition) is 4. The normalized spacial score (nSPS) is 22.1. The van der Waals surface area contributed by atoms with Crippen LogP contribution < -0.4 is 5.32 Å². The summed E-state index contributed by atoms with van der Waals surface area (Å²) in [5.41, 5.74) is 2.19.